The van der Waals surface area contributed by atoms with E-state index in [1.54, 1.807) is 30.6 Å². The van der Waals surface area contributed by atoms with Crippen LogP contribution < -0.4 is 4.74 Å². The molecule has 3 heterocycles. The van der Waals surface area contributed by atoms with E-state index in [0.29, 0.717) is 17.7 Å². The number of benzene rings is 2. The lowest BCUT2D eigenvalue weighted by atomic mass is 9.95. The van der Waals surface area contributed by atoms with Gasteiger partial charge in [-0.05, 0) is 60.4 Å². The second-order valence-electron chi connectivity index (χ2n) is 8.56. The zero-order valence-electron chi connectivity index (χ0n) is 18.5. The lowest BCUT2D eigenvalue weighted by molar-refractivity contribution is -0.140. The van der Waals surface area contributed by atoms with Gasteiger partial charge in [-0.25, -0.2) is 0 Å². The number of hydrogen-bond acceptors (Lipinski definition) is 5. The van der Waals surface area contributed by atoms with Crippen molar-refractivity contribution < 1.29 is 19.4 Å². The second-order valence-corrected chi connectivity index (χ2v) is 8.56. The van der Waals surface area contributed by atoms with E-state index in [1.165, 1.54) is 4.90 Å². The minimum Gasteiger partial charge on any atom is -0.507 e. The molecule has 2 aliphatic heterocycles. The molecule has 0 aliphatic carbocycles. The summed E-state index contributed by atoms with van der Waals surface area (Å²) in [5.74, 6) is -0.717. The summed E-state index contributed by atoms with van der Waals surface area (Å²) in [4.78, 5) is 32.2. The van der Waals surface area contributed by atoms with Gasteiger partial charge < -0.3 is 14.7 Å². The maximum Gasteiger partial charge on any atom is 0.295 e. The Bertz CT molecular complexity index is 1300. The molecule has 2 aliphatic rings. The third kappa shape index (κ3) is 3.67. The third-order valence-electron chi connectivity index (χ3n) is 6.35. The van der Waals surface area contributed by atoms with Crippen molar-refractivity contribution in [3.63, 3.8) is 0 Å². The predicted octanol–water partition coefficient (Wildman–Crippen LogP) is 4.26. The van der Waals surface area contributed by atoms with Gasteiger partial charge in [-0.15, -0.1) is 0 Å². The summed E-state index contributed by atoms with van der Waals surface area (Å²) >= 11 is 0. The monoisotopic (exact) mass is 440 g/mol. The number of amides is 1. The quantitative estimate of drug-likeness (QED) is 0.373. The van der Waals surface area contributed by atoms with Crippen molar-refractivity contribution in [1.29, 1.82) is 0 Å². The SMILES string of the molecule is Cc1ccc(C)c(CN2C(=O)C(=O)/C(=C(\O)c3ccc4c(c3)CCO4)C2c2cccnc2)c1. The first kappa shape index (κ1) is 20.9. The van der Waals surface area contributed by atoms with Crippen molar-refractivity contribution >= 4 is 17.4 Å². The number of aryl methyl sites for hydroxylation is 2. The number of ketones is 1. The Morgan fingerprint density at radius 2 is 2.00 bits per heavy atom. The lowest BCUT2D eigenvalue weighted by Gasteiger charge is -2.26. The Morgan fingerprint density at radius 3 is 2.79 bits per heavy atom. The van der Waals surface area contributed by atoms with Crippen LogP contribution in [0, 0.1) is 13.8 Å². The number of aliphatic hydroxyl groups is 1. The van der Waals surface area contributed by atoms with Crippen LogP contribution in [0.3, 0.4) is 0 Å². The van der Waals surface area contributed by atoms with Gasteiger partial charge in [0.1, 0.15) is 11.5 Å². The molecule has 166 valence electrons. The van der Waals surface area contributed by atoms with Crippen LogP contribution in [-0.2, 0) is 22.6 Å². The molecule has 3 aromatic rings. The van der Waals surface area contributed by atoms with Crippen molar-refractivity contribution in [2.45, 2.75) is 32.9 Å². The number of fused-ring (bicyclic) bond motifs is 1. The Labute approximate surface area is 192 Å². The zero-order chi connectivity index (χ0) is 23.1. The van der Waals surface area contributed by atoms with Crippen LogP contribution in [0.5, 0.6) is 5.75 Å². The Hall–Kier alpha value is -3.93. The average Bonchev–Trinajstić information content (AvgIpc) is 3.39. The van der Waals surface area contributed by atoms with Gasteiger partial charge in [0.15, 0.2) is 0 Å². The van der Waals surface area contributed by atoms with Gasteiger partial charge in [-0.1, -0.05) is 29.8 Å². The number of ether oxygens (including phenoxy) is 1. The summed E-state index contributed by atoms with van der Waals surface area (Å²) in [5, 5.41) is 11.3. The first-order valence-electron chi connectivity index (χ1n) is 10.9. The zero-order valence-corrected chi connectivity index (χ0v) is 18.5. The van der Waals surface area contributed by atoms with Crippen LogP contribution in [0.2, 0.25) is 0 Å². The van der Waals surface area contributed by atoms with Crippen molar-refractivity contribution in [2.75, 3.05) is 6.61 Å². The number of aliphatic hydroxyl groups excluding tert-OH is 1. The van der Waals surface area contributed by atoms with Crippen LogP contribution in [-0.4, -0.2) is 33.3 Å². The smallest absolute Gasteiger partial charge is 0.295 e. The number of likely N-dealkylation sites (tertiary alicyclic amines) is 1. The summed E-state index contributed by atoms with van der Waals surface area (Å²) in [6.45, 7) is 4.83. The van der Waals surface area contributed by atoms with E-state index in [4.69, 9.17) is 4.74 Å². The van der Waals surface area contributed by atoms with E-state index >= 15 is 0 Å². The summed E-state index contributed by atoms with van der Waals surface area (Å²) in [6, 6.07) is 14.2. The fraction of sp³-hybridized carbons (Fsp3) is 0.222. The van der Waals surface area contributed by atoms with Gasteiger partial charge in [0.25, 0.3) is 11.7 Å². The highest BCUT2D eigenvalue weighted by Crippen LogP contribution is 2.41. The first-order valence-corrected chi connectivity index (χ1v) is 10.9. The molecule has 1 saturated heterocycles. The van der Waals surface area contributed by atoms with Gasteiger partial charge in [0.2, 0.25) is 0 Å². The van der Waals surface area contributed by atoms with Gasteiger partial charge in [-0.3, -0.25) is 14.6 Å². The molecule has 1 aromatic heterocycles. The highest BCUT2D eigenvalue weighted by atomic mass is 16.5. The molecule has 1 unspecified atom stereocenters. The molecular formula is C27H24N2O4. The van der Waals surface area contributed by atoms with Crippen LogP contribution in [0.4, 0.5) is 0 Å². The Balaban J connectivity index is 1.64. The highest BCUT2D eigenvalue weighted by Gasteiger charge is 2.46. The maximum atomic E-state index is 13.2. The highest BCUT2D eigenvalue weighted by molar-refractivity contribution is 6.46. The number of carbonyl (C=O) groups excluding carboxylic acids is 2. The summed E-state index contributed by atoms with van der Waals surface area (Å²) in [6.07, 6.45) is 4.01. The second kappa shape index (κ2) is 8.20. The Kier molecular flexibility index (Phi) is 5.21. The number of hydrogen-bond donors (Lipinski definition) is 1. The number of Topliss-reactive ketones (excluding diaryl/α,β-unsaturated/α-hetero) is 1. The van der Waals surface area contributed by atoms with E-state index in [-0.39, 0.29) is 17.9 Å². The molecule has 0 spiro atoms. The van der Waals surface area contributed by atoms with Crippen LogP contribution in [0.25, 0.3) is 5.76 Å². The van der Waals surface area contributed by atoms with E-state index in [0.717, 1.165) is 34.4 Å². The largest absolute Gasteiger partial charge is 0.507 e. The van der Waals surface area contributed by atoms with Crippen LogP contribution in [0.15, 0.2) is 66.5 Å². The van der Waals surface area contributed by atoms with Crippen molar-refractivity contribution in [3.8, 4) is 5.75 Å². The molecule has 5 rings (SSSR count). The molecule has 0 saturated carbocycles. The summed E-state index contributed by atoms with van der Waals surface area (Å²) in [7, 11) is 0. The molecule has 1 fully saturated rings. The van der Waals surface area contributed by atoms with Gasteiger partial charge in [-0.2, -0.15) is 0 Å². The average molecular weight is 440 g/mol. The van der Waals surface area contributed by atoms with E-state index in [2.05, 4.69) is 4.98 Å². The van der Waals surface area contributed by atoms with E-state index in [1.807, 2.05) is 44.2 Å². The maximum absolute atomic E-state index is 13.2. The summed E-state index contributed by atoms with van der Waals surface area (Å²) in [5.41, 5.74) is 5.29. The van der Waals surface area contributed by atoms with E-state index in [9.17, 15) is 14.7 Å². The standard InChI is InChI=1S/C27H24N2O4/c1-16-5-6-17(2)21(12-16)15-29-24(20-4-3-10-28-14-20)23(26(31)27(29)32)25(30)19-7-8-22-18(13-19)9-11-33-22/h3-8,10,12-14,24,30H,9,11,15H2,1-2H3/b25-23-. The molecule has 1 atom stereocenters. The molecule has 6 heteroatoms. The molecule has 1 N–H and O–H groups in total. The number of carbonyl (C=O) groups is 2. The number of nitrogens with zero attached hydrogens (tertiary/aromatic N) is 2. The molecule has 0 radical (unpaired) electrons. The van der Waals surface area contributed by atoms with Crippen LogP contribution >= 0.6 is 0 Å². The predicted molar refractivity (Wildman–Crippen MR) is 124 cm³/mol. The van der Waals surface area contributed by atoms with Gasteiger partial charge in [0.05, 0.1) is 18.2 Å². The van der Waals surface area contributed by atoms with Crippen LogP contribution in [0.1, 0.15) is 39.4 Å². The molecule has 1 amide bonds. The number of aromatic nitrogens is 1. The molecule has 0 bridgehead atoms. The van der Waals surface area contributed by atoms with Gasteiger partial charge in [0, 0.05) is 30.9 Å². The van der Waals surface area contributed by atoms with Crippen molar-refractivity contribution in [1.82, 2.24) is 9.88 Å². The minimum absolute atomic E-state index is 0.0807. The van der Waals surface area contributed by atoms with Gasteiger partial charge >= 0.3 is 0 Å². The number of rotatable bonds is 4. The molecule has 33 heavy (non-hydrogen) atoms. The first-order chi connectivity index (χ1) is 15.9. The molecular weight excluding hydrogens is 416 g/mol. The fourth-order valence-electron chi connectivity index (χ4n) is 4.57. The fourth-order valence-corrected chi connectivity index (χ4v) is 4.57. The van der Waals surface area contributed by atoms with Crippen molar-refractivity contribution in [3.05, 3.63) is 99.9 Å². The minimum atomic E-state index is -0.733. The Morgan fingerprint density at radius 1 is 1.15 bits per heavy atom. The van der Waals surface area contributed by atoms with E-state index < -0.39 is 17.7 Å². The lowest BCUT2D eigenvalue weighted by Crippen LogP contribution is -2.29. The van der Waals surface area contributed by atoms with Crippen molar-refractivity contribution in [2.24, 2.45) is 0 Å². The summed E-state index contributed by atoms with van der Waals surface area (Å²) < 4.78 is 5.56. The topological polar surface area (TPSA) is 79.7 Å². The molecule has 2 aromatic carbocycles. The molecule has 6 nitrogen and oxygen atoms in total. The number of pyridine rings is 1. The third-order valence-corrected chi connectivity index (χ3v) is 6.35. The normalized spacial score (nSPS) is 19.0.